The van der Waals surface area contributed by atoms with Gasteiger partial charge in [-0.1, -0.05) is 24.3 Å². The van der Waals surface area contributed by atoms with Gasteiger partial charge in [0.25, 0.3) is 0 Å². The van der Waals surface area contributed by atoms with Crippen molar-refractivity contribution in [3.8, 4) is 0 Å². The Kier molecular flexibility index (Phi) is 7.86. The van der Waals surface area contributed by atoms with Gasteiger partial charge in [0.2, 0.25) is 15.9 Å². The predicted octanol–water partition coefficient (Wildman–Crippen LogP) is 4.26. The van der Waals surface area contributed by atoms with Gasteiger partial charge in [-0.25, -0.2) is 13.6 Å². The predicted molar refractivity (Wildman–Crippen MR) is 134 cm³/mol. The molecule has 3 aromatic rings. The third kappa shape index (κ3) is 7.06. The van der Waals surface area contributed by atoms with Gasteiger partial charge in [-0.3, -0.25) is 4.79 Å². The first-order chi connectivity index (χ1) is 15.2. The average Bonchev–Trinajstić information content (AvgIpc) is 2.74. The highest BCUT2D eigenvalue weighted by molar-refractivity contribution is 8.00. The molecule has 0 radical (unpaired) electrons. The number of nitrogens with one attached hydrogen (secondary N) is 3. The molecular weight excluding hydrogens is 464 g/mol. The Morgan fingerprint density at radius 1 is 0.875 bits per heavy atom. The second kappa shape index (κ2) is 10.6. The molecule has 3 rings (SSSR count). The van der Waals surface area contributed by atoms with Crippen LogP contribution in [0.3, 0.4) is 0 Å². The fraction of sp³-hybridized carbons (Fsp3) is 0.0909. The maximum atomic E-state index is 12.5. The van der Waals surface area contributed by atoms with Crippen LogP contribution in [0.1, 0.15) is 6.92 Å². The third-order valence-electron chi connectivity index (χ3n) is 4.26. The van der Waals surface area contributed by atoms with E-state index in [1.54, 1.807) is 6.92 Å². The lowest BCUT2D eigenvalue weighted by Crippen LogP contribution is -2.22. The number of benzene rings is 3. The van der Waals surface area contributed by atoms with Crippen molar-refractivity contribution in [2.24, 2.45) is 5.14 Å². The molecule has 3 aromatic carbocycles. The number of carbonyl (C=O) groups excluding carboxylic acids is 1. The Morgan fingerprint density at radius 3 is 2.12 bits per heavy atom. The number of sulfonamides is 1. The number of amides is 1. The number of thioether (sulfide) groups is 1. The first-order valence-electron chi connectivity index (χ1n) is 9.54. The Balaban J connectivity index is 1.57. The number of nitrogens with two attached hydrogens (primary N) is 1. The minimum absolute atomic E-state index is 0.0121. The zero-order valence-corrected chi connectivity index (χ0v) is 19.6. The number of hydrogen-bond acceptors (Lipinski definition) is 5. The van der Waals surface area contributed by atoms with Gasteiger partial charge in [0, 0.05) is 22.0 Å². The van der Waals surface area contributed by atoms with Gasteiger partial charge in [0.1, 0.15) is 0 Å². The van der Waals surface area contributed by atoms with E-state index in [2.05, 4.69) is 16.0 Å². The summed E-state index contributed by atoms with van der Waals surface area (Å²) in [5.74, 6) is -0.210. The number of para-hydroxylation sites is 1. The highest BCUT2D eigenvalue weighted by Crippen LogP contribution is 2.27. The maximum absolute atomic E-state index is 12.5. The molecule has 0 spiro atoms. The van der Waals surface area contributed by atoms with Crippen molar-refractivity contribution >= 4 is 62.1 Å². The molecule has 32 heavy (non-hydrogen) atoms. The highest BCUT2D eigenvalue weighted by Gasteiger charge is 2.15. The van der Waals surface area contributed by atoms with Gasteiger partial charge >= 0.3 is 0 Å². The average molecular weight is 487 g/mol. The van der Waals surface area contributed by atoms with E-state index in [1.807, 2.05) is 54.6 Å². The van der Waals surface area contributed by atoms with Crippen LogP contribution in [0.5, 0.6) is 0 Å². The minimum atomic E-state index is -3.77. The Morgan fingerprint density at radius 2 is 1.47 bits per heavy atom. The van der Waals surface area contributed by atoms with Gasteiger partial charge in [-0.05, 0) is 73.7 Å². The lowest BCUT2D eigenvalue weighted by atomic mass is 10.3. The number of primary sulfonamides is 1. The van der Waals surface area contributed by atoms with E-state index in [4.69, 9.17) is 17.4 Å². The van der Waals surface area contributed by atoms with Gasteiger partial charge in [0.15, 0.2) is 5.11 Å². The van der Waals surface area contributed by atoms with Crippen molar-refractivity contribution in [3.63, 3.8) is 0 Å². The number of hydrogen-bond donors (Lipinski definition) is 4. The van der Waals surface area contributed by atoms with E-state index in [0.717, 1.165) is 16.3 Å². The van der Waals surface area contributed by atoms with Crippen molar-refractivity contribution < 1.29 is 13.2 Å². The summed E-state index contributed by atoms with van der Waals surface area (Å²) in [5.41, 5.74) is 2.18. The molecule has 1 unspecified atom stereocenters. The van der Waals surface area contributed by atoms with Crippen molar-refractivity contribution in [3.05, 3.63) is 78.9 Å². The van der Waals surface area contributed by atoms with Crippen LogP contribution in [0.4, 0.5) is 17.1 Å². The molecule has 0 fully saturated rings. The second-order valence-electron chi connectivity index (χ2n) is 6.79. The lowest BCUT2D eigenvalue weighted by molar-refractivity contribution is -0.115. The van der Waals surface area contributed by atoms with Gasteiger partial charge in [-0.2, -0.15) is 0 Å². The topological polar surface area (TPSA) is 113 Å². The lowest BCUT2D eigenvalue weighted by Gasteiger charge is -2.14. The molecule has 0 aliphatic carbocycles. The molecule has 0 heterocycles. The minimum Gasteiger partial charge on any atom is -0.332 e. The van der Waals surface area contributed by atoms with Gasteiger partial charge < -0.3 is 16.0 Å². The highest BCUT2D eigenvalue weighted by atomic mass is 32.2. The zero-order valence-electron chi connectivity index (χ0n) is 17.1. The van der Waals surface area contributed by atoms with Gasteiger partial charge in [-0.15, -0.1) is 11.8 Å². The summed E-state index contributed by atoms with van der Waals surface area (Å²) in [5, 5.41) is 14.2. The molecule has 1 atom stereocenters. The summed E-state index contributed by atoms with van der Waals surface area (Å²) >= 11 is 6.75. The molecule has 1 amide bonds. The van der Waals surface area contributed by atoms with Crippen LogP contribution in [0.15, 0.2) is 88.7 Å². The van der Waals surface area contributed by atoms with E-state index in [1.165, 1.54) is 36.0 Å². The molecule has 5 N–H and O–H groups in total. The number of thiocarbonyl (C=S) groups is 1. The monoisotopic (exact) mass is 486 g/mol. The largest absolute Gasteiger partial charge is 0.332 e. The third-order valence-corrected chi connectivity index (χ3v) is 6.48. The fourth-order valence-electron chi connectivity index (χ4n) is 2.69. The fourth-order valence-corrected chi connectivity index (χ4v) is 4.37. The summed E-state index contributed by atoms with van der Waals surface area (Å²) < 4.78 is 22.7. The van der Waals surface area contributed by atoms with Crippen LogP contribution in [0.25, 0.3) is 0 Å². The summed E-state index contributed by atoms with van der Waals surface area (Å²) in [6.07, 6.45) is 0. The molecule has 0 saturated heterocycles. The van der Waals surface area contributed by atoms with E-state index in [0.29, 0.717) is 10.8 Å². The summed E-state index contributed by atoms with van der Waals surface area (Å²) in [6.45, 7) is 1.79. The van der Waals surface area contributed by atoms with Crippen LogP contribution in [-0.4, -0.2) is 24.7 Å². The standard InChI is InChI=1S/C22H22N4O3S3/c1-15(21(27)24-17-10-12-20(13-11-17)32(23,28)29)31-19-9-5-8-18(14-19)26-22(30)25-16-6-3-2-4-7-16/h2-15H,1H3,(H,24,27)(H2,23,28,29)(H2,25,26,30). The van der Waals surface area contributed by atoms with Crippen LogP contribution >= 0.6 is 24.0 Å². The molecule has 0 aliphatic rings. The van der Waals surface area contributed by atoms with Crippen LogP contribution in [0.2, 0.25) is 0 Å². The summed E-state index contributed by atoms with van der Waals surface area (Å²) in [6, 6.07) is 22.9. The molecular formula is C22H22N4O3S3. The van der Waals surface area contributed by atoms with Gasteiger partial charge in [0.05, 0.1) is 10.1 Å². The molecule has 0 saturated carbocycles. The zero-order chi connectivity index (χ0) is 23.1. The second-order valence-corrected chi connectivity index (χ2v) is 10.2. The molecule has 0 aromatic heterocycles. The number of rotatable bonds is 7. The quantitative estimate of drug-likeness (QED) is 0.291. The first kappa shape index (κ1) is 23.7. The number of carbonyl (C=O) groups is 1. The summed E-state index contributed by atoms with van der Waals surface area (Å²) in [7, 11) is -3.77. The Bertz CT molecular complexity index is 1200. The molecule has 10 heteroatoms. The molecule has 0 bridgehead atoms. The maximum Gasteiger partial charge on any atom is 0.238 e. The van der Waals surface area contributed by atoms with Crippen molar-refractivity contribution in [2.75, 3.05) is 16.0 Å². The van der Waals surface area contributed by atoms with E-state index in [-0.39, 0.29) is 10.8 Å². The van der Waals surface area contributed by atoms with Crippen LogP contribution in [0, 0.1) is 0 Å². The molecule has 7 nitrogen and oxygen atoms in total. The molecule has 0 aliphatic heterocycles. The SMILES string of the molecule is CC(Sc1cccc(NC(=S)Nc2ccccc2)c1)C(=O)Nc1ccc(S(N)(=O)=O)cc1. The van der Waals surface area contributed by atoms with Crippen molar-refractivity contribution in [1.82, 2.24) is 0 Å². The van der Waals surface area contributed by atoms with E-state index < -0.39 is 15.3 Å². The van der Waals surface area contributed by atoms with E-state index in [9.17, 15) is 13.2 Å². The Hall–Kier alpha value is -2.92. The summed E-state index contributed by atoms with van der Waals surface area (Å²) in [4.78, 5) is 13.4. The Labute approximate surface area is 196 Å². The normalized spacial score (nSPS) is 11.9. The van der Waals surface area contributed by atoms with Crippen LogP contribution in [-0.2, 0) is 14.8 Å². The van der Waals surface area contributed by atoms with Crippen molar-refractivity contribution in [1.29, 1.82) is 0 Å². The van der Waals surface area contributed by atoms with Crippen LogP contribution < -0.4 is 21.1 Å². The smallest absolute Gasteiger partial charge is 0.238 e. The molecule has 166 valence electrons. The number of anilines is 3. The first-order valence-corrected chi connectivity index (χ1v) is 12.4. The van der Waals surface area contributed by atoms with E-state index >= 15 is 0 Å². The van der Waals surface area contributed by atoms with Crippen molar-refractivity contribution in [2.45, 2.75) is 22.0 Å².